The van der Waals surface area contributed by atoms with Gasteiger partial charge < -0.3 is 10.0 Å². The number of aliphatic carboxylic acids is 1. The van der Waals surface area contributed by atoms with Crippen LogP contribution in [0, 0.1) is 11.8 Å². The summed E-state index contributed by atoms with van der Waals surface area (Å²) in [6.45, 7) is 1.86. The minimum Gasteiger partial charge on any atom is -0.481 e. The molecule has 1 N–H and O–H groups in total. The van der Waals surface area contributed by atoms with Gasteiger partial charge in [0.05, 0.1) is 17.9 Å². The molecule has 1 aliphatic carbocycles. The van der Waals surface area contributed by atoms with Crippen LogP contribution >= 0.6 is 23.2 Å². The van der Waals surface area contributed by atoms with E-state index in [1.165, 1.54) is 0 Å². The van der Waals surface area contributed by atoms with E-state index in [9.17, 15) is 9.59 Å². The van der Waals surface area contributed by atoms with Gasteiger partial charge in [-0.1, -0.05) is 29.3 Å². The largest absolute Gasteiger partial charge is 0.481 e. The normalized spacial score (nSPS) is 22.3. The topological polar surface area (TPSA) is 57.6 Å². The van der Waals surface area contributed by atoms with Crippen molar-refractivity contribution in [3.05, 3.63) is 33.8 Å². The summed E-state index contributed by atoms with van der Waals surface area (Å²) in [6, 6.07) is 4.91. The first kappa shape index (κ1) is 16.1. The zero-order valence-electron chi connectivity index (χ0n) is 11.8. The van der Waals surface area contributed by atoms with Gasteiger partial charge in [0, 0.05) is 17.1 Å². The van der Waals surface area contributed by atoms with Crippen molar-refractivity contribution in [2.75, 3.05) is 7.05 Å². The molecule has 4 nitrogen and oxygen atoms in total. The number of halogens is 2. The van der Waals surface area contributed by atoms with Gasteiger partial charge in [-0.3, -0.25) is 9.59 Å². The van der Waals surface area contributed by atoms with Crippen molar-refractivity contribution in [2.45, 2.75) is 25.8 Å². The molecule has 1 fully saturated rings. The highest BCUT2D eigenvalue weighted by atomic mass is 35.5. The summed E-state index contributed by atoms with van der Waals surface area (Å²) in [5, 5.41) is 10.1. The van der Waals surface area contributed by atoms with Crippen LogP contribution in [0.25, 0.3) is 0 Å². The Hall–Kier alpha value is -1.26. The van der Waals surface area contributed by atoms with Gasteiger partial charge in [-0.25, -0.2) is 0 Å². The molecule has 1 aromatic rings. The number of nitrogens with zero attached hydrogens (tertiary/aromatic N) is 1. The minimum atomic E-state index is -0.898. The van der Waals surface area contributed by atoms with Crippen molar-refractivity contribution < 1.29 is 14.7 Å². The number of hydrogen-bond donors (Lipinski definition) is 1. The van der Waals surface area contributed by atoms with Crippen LogP contribution in [-0.2, 0) is 9.59 Å². The van der Waals surface area contributed by atoms with E-state index in [1.807, 2.05) is 6.92 Å². The van der Waals surface area contributed by atoms with E-state index in [2.05, 4.69) is 0 Å². The van der Waals surface area contributed by atoms with Gasteiger partial charge in [-0.2, -0.15) is 0 Å². The fourth-order valence-corrected chi connectivity index (χ4v) is 3.16. The summed E-state index contributed by atoms with van der Waals surface area (Å²) >= 11 is 12.0. The molecule has 0 bridgehead atoms. The SMILES string of the molecule is CC(c1ccc(Cl)cc1Cl)N(C)C(=O)C1CCC1C(=O)O. The number of rotatable bonds is 4. The highest BCUT2D eigenvalue weighted by Crippen LogP contribution is 2.38. The predicted molar refractivity (Wildman–Crippen MR) is 81.5 cm³/mol. The molecule has 0 spiro atoms. The number of carbonyl (C=O) groups is 2. The van der Waals surface area contributed by atoms with Crippen LogP contribution in [0.1, 0.15) is 31.4 Å². The van der Waals surface area contributed by atoms with E-state index in [0.717, 1.165) is 5.56 Å². The van der Waals surface area contributed by atoms with Crippen LogP contribution in [-0.4, -0.2) is 28.9 Å². The molecule has 1 aromatic carbocycles. The third-order valence-electron chi connectivity index (χ3n) is 4.25. The second-order valence-electron chi connectivity index (χ2n) is 5.42. The molecule has 3 unspecified atom stereocenters. The molecule has 0 heterocycles. The maximum Gasteiger partial charge on any atom is 0.307 e. The second-order valence-corrected chi connectivity index (χ2v) is 6.26. The molecule has 0 aliphatic heterocycles. The Morgan fingerprint density at radius 1 is 1.29 bits per heavy atom. The summed E-state index contributed by atoms with van der Waals surface area (Å²) in [7, 11) is 1.68. The molecular weight excluding hydrogens is 313 g/mol. The van der Waals surface area contributed by atoms with Crippen LogP contribution in [0.2, 0.25) is 10.0 Å². The lowest BCUT2D eigenvalue weighted by Crippen LogP contribution is -2.45. The highest BCUT2D eigenvalue weighted by Gasteiger charge is 2.43. The smallest absolute Gasteiger partial charge is 0.307 e. The molecule has 3 atom stereocenters. The quantitative estimate of drug-likeness (QED) is 0.917. The van der Waals surface area contributed by atoms with Crippen LogP contribution in [0.5, 0.6) is 0 Å². The monoisotopic (exact) mass is 329 g/mol. The summed E-state index contributed by atoms with van der Waals surface area (Å²) in [6.07, 6.45) is 1.19. The summed E-state index contributed by atoms with van der Waals surface area (Å²) in [4.78, 5) is 25.0. The maximum atomic E-state index is 12.4. The van der Waals surface area contributed by atoms with Crippen molar-refractivity contribution >= 4 is 35.1 Å². The lowest BCUT2D eigenvalue weighted by Gasteiger charge is -2.37. The van der Waals surface area contributed by atoms with Gasteiger partial charge in [-0.05, 0) is 37.5 Å². The first-order chi connectivity index (χ1) is 9.82. The summed E-state index contributed by atoms with van der Waals surface area (Å²) < 4.78 is 0. The Labute approximate surface area is 133 Å². The average molecular weight is 330 g/mol. The fourth-order valence-electron chi connectivity index (χ4n) is 2.59. The number of carbonyl (C=O) groups excluding carboxylic acids is 1. The number of hydrogen-bond acceptors (Lipinski definition) is 2. The van der Waals surface area contributed by atoms with Gasteiger partial charge in [0.1, 0.15) is 0 Å². The first-order valence-corrected chi connectivity index (χ1v) is 7.53. The molecule has 6 heteroatoms. The molecule has 1 amide bonds. The zero-order chi connectivity index (χ0) is 15.7. The van der Waals surface area contributed by atoms with E-state index in [1.54, 1.807) is 30.1 Å². The highest BCUT2D eigenvalue weighted by molar-refractivity contribution is 6.35. The standard InChI is InChI=1S/C15H17Cl2NO3/c1-8(10-4-3-9(16)7-13(10)17)18(2)14(19)11-5-6-12(11)15(20)21/h3-4,7-8,11-12H,5-6H2,1-2H3,(H,20,21). The number of carboxylic acid groups (broad SMARTS) is 1. The molecule has 21 heavy (non-hydrogen) atoms. The van der Waals surface area contributed by atoms with Crippen LogP contribution in [0.3, 0.4) is 0 Å². The average Bonchev–Trinajstić information content (AvgIpc) is 2.35. The zero-order valence-corrected chi connectivity index (χ0v) is 13.4. The molecule has 114 valence electrons. The lowest BCUT2D eigenvalue weighted by molar-refractivity contribution is -0.156. The number of carboxylic acids is 1. The molecule has 0 saturated heterocycles. The Morgan fingerprint density at radius 3 is 2.38 bits per heavy atom. The molecular formula is C15H17Cl2NO3. The number of amides is 1. The van der Waals surface area contributed by atoms with Gasteiger partial charge in [-0.15, -0.1) is 0 Å². The van der Waals surface area contributed by atoms with E-state index >= 15 is 0 Å². The van der Waals surface area contributed by atoms with Crippen molar-refractivity contribution in [3.8, 4) is 0 Å². The Bertz CT molecular complexity index is 576. The van der Waals surface area contributed by atoms with Crippen LogP contribution in [0.4, 0.5) is 0 Å². The van der Waals surface area contributed by atoms with E-state index < -0.39 is 17.8 Å². The van der Waals surface area contributed by atoms with Crippen molar-refractivity contribution in [1.29, 1.82) is 0 Å². The Morgan fingerprint density at radius 2 is 1.90 bits per heavy atom. The summed E-state index contributed by atoms with van der Waals surface area (Å²) in [5.41, 5.74) is 0.795. The molecule has 0 radical (unpaired) electrons. The van der Waals surface area contributed by atoms with Crippen molar-refractivity contribution in [2.24, 2.45) is 11.8 Å². The number of benzene rings is 1. The molecule has 0 aromatic heterocycles. The van der Waals surface area contributed by atoms with E-state index in [0.29, 0.717) is 22.9 Å². The predicted octanol–water partition coefficient (Wildman–Crippen LogP) is 3.62. The maximum absolute atomic E-state index is 12.4. The van der Waals surface area contributed by atoms with Gasteiger partial charge in [0.25, 0.3) is 0 Å². The molecule has 2 rings (SSSR count). The summed E-state index contributed by atoms with van der Waals surface area (Å²) in [5.74, 6) is -2.04. The van der Waals surface area contributed by atoms with Crippen molar-refractivity contribution in [3.63, 3.8) is 0 Å². The first-order valence-electron chi connectivity index (χ1n) is 6.77. The molecule has 1 saturated carbocycles. The van der Waals surface area contributed by atoms with Gasteiger partial charge in [0.15, 0.2) is 0 Å². The van der Waals surface area contributed by atoms with Crippen LogP contribution in [0.15, 0.2) is 18.2 Å². The fraction of sp³-hybridized carbons (Fsp3) is 0.467. The Kier molecular flexibility index (Phi) is 4.79. The lowest BCUT2D eigenvalue weighted by atomic mass is 9.72. The van der Waals surface area contributed by atoms with Gasteiger partial charge >= 0.3 is 5.97 Å². The second kappa shape index (κ2) is 6.24. The third-order valence-corrected chi connectivity index (χ3v) is 4.81. The van der Waals surface area contributed by atoms with Crippen molar-refractivity contribution in [1.82, 2.24) is 4.90 Å². The Balaban J connectivity index is 2.13. The molecule has 1 aliphatic rings. The minimum absolute atomic E-state index is 0.146. The third kappa shape index (κ3) is 3.16. The van der Waals surface area contributed by atoms with Gasteiger partial charge in [0.2, 0.25) is 5.91 Å². The van der Waals surface area contributed by atoms with E-state index in [4.69, 9.17) is 28.3 Å². The van der Waals surface area contributed by atoms with Crippen LogP contribution < -0.4 is 0 Å². The van der Waals surface area contributed by atoms with E-state index in [-0.39, 0.29) is 11.9 Å².